The maximum atomic E-state index is 5.33. The number of hydrogen-bond acceptors (Lipinski definition) is 4. The van der Waals surface area contributed by atoms with Crippen LogP contribution in [0, 0.1) is 0 Å². The number of fused-ring (bicyclic) bond motifs is 1. The number of nitrogens with zero attached hydrogens (tertiary/aromatic N) is 4. The minimum atomic E-state index is 0.505. The third-order valence-corrected chi connectivity index (χ3v) is 5.79. The van der Waals surface area contributed by atoms with Gasteiger partial charge in [0.2, 0.25) is 0 Å². The van der Waals surface area contributed by atoms with E-state index >= 15 is 0 Å². The van der Waals surface area contributed by atoms with Crippen LogP contribution in [-0.4, -0.2) is 44.8 Å². The number of hydrogen-bond donors (Lipinski definition) is 1. The monoisotopic (exact) mass is 387 g/mol. The Morgan fingerprint density at radius 1 is 1.10 bits per heavy atom. The molecule has 0 aliphatic carbocycles. The molecule has 148 valence electrons. The van der Waals surface area contributed by atoms with Crippen molar-refractivity contribution in [2.24, 2.45) is 0 Å². The number of methoxy groups -OCH3 is 1. The van der Waals surface area contributed by atoms with Gasteiger partial charge in [0.05, 0.1) is 24.7 Å². The smallest absolute Gasteiger partial charge is 0.128 e. The van der Waals surface area contributed by atoms with Crippen molar-refractivity contribution in [3.05, 3.63) is 72.3 Å². The molecule has 29 heavy (non-hydrogen) atoms. The highest BCUT2D eigenvalue weighted by Gasteiger charge is 2.24. The average molecular weight is 387 g/mol. The van der Waals surface area contributed by atoms with Gasteiger partial charge in [0.1, 0.15) is 11.6 Å². The first-order chi connectivity index (χ1) is 14.3. The van der Waals surface area contributed by atoms with Gasteiger partial charge in [-0.25, -0.2) is 4.98 Å². The SMILES string of the molecule is COc1ccc(-n2c(CN3CCC[C@H](c4ccn[nH]4)C3)nc3ccccc32)cc1. The topological polar surface area (TPSA) is 59.0 Å². The van der Waals surface area contributed by atoms with Crippen LogP contribution in [0.3, 0.4) is 0 Å². The molecule has 0 amide bonds. The summed E-state index contributed by atoms with van der Waals surface area (Å²) in [7, 11) is 1.69. The van der Waals surface area contributed by atoms with E-state index in [-0.39, 0.29) is 0 Å². The van der Waals surface area contributed by atoms with E-state index in [2.05, 4.69) is 56.1 Å². The molecule has 1 fully saturated rings. The highest BCUT2D eigenvalue weighted by atomic mass is 16.5. The van der Waals surface area contributed by atoms with Crippen LogP contribution >= 0.6 is 0 Å². The lowest BCUT2D eigenvalue weighted by molar-refractivity contribution is 0.193. The largest absolute Gasteiger partial charge is 0.497 e. The van der Waals surface area contributed by atoms with Gasteiger partial charge in [0.25, 0.3) is 0 Å². The third kappa shape index (κ3) is 3.51. The molecule has 0 radical (unpaired) electrons. The van der Waals surface area contributed by atoms with Gasteiger partial charge < -0.3 is 4.74 Å². The quantitative estimate of drug-likeness (QED) is 0.559. The Labute approximate surface area is 170 Å². The zero-order chi connectivity index (χ0) is 19.6. The van der Waals surface area contributed by atoms with Crippen LogP contribution in [-0.2, 0) is 6.54 Å². The Morgan fingerprint density at radius 2 is 1.97 bits per heavy atom. The molecule has 4 aromatic rings. The zero-order valence-corrected chi connectivity index (χ0v) is 16.6. The van der Waals surface area contributed by atoms with E-state index in [9.17, 15) is 0 Å². The number of imidazole rings is 1. The number of aromatic amines is 1. The van der Waals surface area contributed by atoms with Crippen LogP contribution in [0.1, 0.15) is 30.3 Å². The summed E-state index contributed by atoms with van der Waals surface area (Å²) in [4.78, 5) is 7.49. The first-order valence-electron chi connectivity index (χ1n) is 10.1. The lowest BCUT2D eigenvalue weighted by Crippen LogP contribution is -2.34. The fourth-order valence-electron chi connectivity index (χ4n) is 4.35. The number of para-hydroxylation sites is 2. The number of rotatable bonds is 5. The second-order valence-corrected chi connectivity index (χ2v) is 7.64. The van der Waals surface area contributed by atoms with Gasteiger partial charge >= 0.3 is 0 Å². The summed E-state index contributed by atoms with van der Waals surface area (Å²) in [5.74, 6) is 2.44. The van der Waals surface area contributed by atoms with Gasteiger partial charge in [-0.15, -0.1) is 0 Å². The summed E-state index contributed by atoms with van der Waals surface area (Å²) in [6.45, 7) is 2.94. The van der Waals surface area contributed by atoms with Gasteiger partial charge in [-0.3, -0.25) is 14.6 Å². The molecule has 1 aliphatic rings. The summed E-state index contributed by atoms with van der Waals surface area (Å²) in [6.07, 6.45) is 4.23. The fourth-order valence-corrected chi connectivity index (χ4v) is 4.35. The molecule has 0 unspecified atom stereocenters. The number of nitrogens with one attached hydrogen (secondary N) is 1. The molecule has 1 atom stereocenters. The Balaban J connectivity index is 1.48. The van der Waals surface area contributed by atoms with Crippen molar-refractivity contribution in [1.82, 2.24) is 24.6 Å². The molecule has 6 nitrogen and oxygen atoms in total. The zero-order valence-electron chi connectivity index (χ0n) is 16.6. The van der Waals surface area contributed by atoms with Crippen molar-refractivity contribution in [3.8, 4) is 11.4 Å². The third-order valence-electron chi connectivity index (χ3n) is 5.79. The molecule has 0 bridgehead atoms. The lowest BCUT2D eigenvalue weighted by atomic mass is 9.95. The molecule has 2 aromatic heterocycles. The van der Waals surface area contributed by atoms with E-state index in [1.807, 2.05) is 24.4 Å². The van der Waals surface area contributed by atoms with E-state index in [0.717, 1.165) is 47.9 Å². The number of likely N-dealkylation sites (tertiary alicyclic amines) is 1. The molecule has 1 N–H and O–H groups in total. The van der Waals surface area contributed by atoms with Gasteiger partial charge in [0.15, 0.2) is 0 Å². The van der Waals surface area contributed by atoms with Gasteiger partial charge in [-0.05, 0) is 61.9 Å². The second-order valence-electron chi connectivity index (χ2n) is 7.64. The first-order valence-corrected chi connectivity index (χ1v) is 10.1. The van der Waals surface area contributed by atoms with Crippen LogP contribution in [0.2, 0.25) is 0 Å². The van der Waals surface area contributed by atoms with Crippen molar-refractivity contribution in [3.63, 3.8) is 0 Å². The molecule has 1 saturated heterocycles. The number of piperidine rings is 1. The van der Waals surface area contributed by atoms with Crippen molar-refractivity contribution >= 4 is 11.0 Å². The van der Waals surface area contributed by atoms with Crippen molar-refractivity contribution < 1.29 is 4.74 Å². The van der Waals surface area contributed by atoms with E-state index in [1.54, 1.807) is 7.11 Å². The van der Waals surface area contributed by atoms with Gasteiger partial charge in [-0.1, -0.05) is 12.1 Å². The minimum absolute atomic E-state index is 0.505. The second kappa shape index (κ2) is 7.72. The summed E-state index contributed by atoms with van der Waals surface area (Å²) in [5.41, 5.74) is 4.50. The number of ether oxygens (including phenoxy) is 1. The van der Waals surface area contributed by atoms with Crippen molar-refractivity contribution in [2.45, 2.75) is 25.3 Å². The number of H-pyrrole nitrogens is 1. The normalized spacial score (nSPS) is 17.6. The van der Waals surface area contributed by atoms with Gasteiger partial charge in [-0.2, -0.15) is 5.10 Å². The average Bonchev–Trinajstić information content (AvgIpc) is 3.42. The van der Waals surface area contributed by atoms with Crippen molar-refractivity contribution in [1.29, 1.82) is 0 Å². The highest BCUT2D eigenvalue weighted by molar-refractivity contribution is 5.78. The van der Waals surface area contributed by atoms with E-state index < -0.39 is 0 Å². The number of benzene rings is 2. The fraction of sp³-hybridized carbons (Fsp3) is 0.304. The lowest BCUT2D eigenvalue weighted by Gasteiger charge is -2.32. The highest BCUT2D eigenvalue weighted by Crippen LogP contribution is 2.28. The van der Waals surface area contributed by atoms with Crippen molar-refractivity contribution in [2.75, 3.05) is 20.2 Å². The molecule has 1 aliphatic heterocycles. The van der Waals surface area contributed by atoms with E-state index in [0.29, 0.717) is 5.92 Å². The van der Waals surface area contributed by atoms with Crippen LogP contribution < -0.4 is 4.74 Å². The Bertz CT molecular complexity index is 1080. The molecular formula is C23H25N5O. The van der Waals surface area contributed by atoms with Crippen LogP contribution in [0.5, 0.6) is 5.75 Å². The summed E-state index contributed by atoms with van der Waals surface area (Å²) in [6, 6.07) is 18.6. The maximum absolute atomic E-state index is 5.33. The standard InChI is InChI=1S/C23H25N5O/c1-29-19-10-8-18(9-11-19)28-22-7-3-2-6-21(22)25-23(28)16-27-14-4-5-17(15-27)20-12-13-24-26-20/h2-3,6-13,17H,4-5,14-16H2,1H3,(H,24,26)/t17-/m0/s1. The molecule has 2 aromatic carbocycles. The maximum Gasteiger partial charge on any atom is 0.128 e. The number of aromatic nitrogens is 4. The summed E-state index contributed by atoms with van der Waals surface area (Å²) < 4.78 is 7.60. The Kier molecular flexibility index (Phi) is 4.77. The van der Waals surface area contributed by atoms with Crippen LogP contribution in [0.25, 0.3) is 16.7 Å². The van der Waals surface area contributed by atoms with Gasteiger partial charge in [0, 0.05) is 30.0 Å². The molecular weight excluding hydrogens is 362 g/mol. The Hall–Kier alpha value is -3.12. The van der Waals surface area contributed by atoms with E-state index in [4.69, 9.17) is 9.72 Å². The van der Waals surface area contributed by atoms with E-state index in [1.165, 1.54) is 18.5 Å². The van der Waals surface area contributed by atoms with Crippen LogP contribution in [0.15, 0.2) is 60.8 Å². The predicted octanol–water partition coefficient (Wildman–Crippen LogP) is 4.14. The summed E-state index contributed by atoms with van der Waals surface area (Å²) >= 11 is 0. The molecule has 0 saturated carbocycles. The molecule has 3 heterocycles. The minimum Gasteiger partial charge on any atom is -0.497 e. The van der Waals surface area contributed by atoms with Crippen LogP contribution in [0.4, 0.5) is 0 Å². The molecule has 5 rings (SSSR count). The Morgan fingerprint density at radius 3 is 2.76 bits per heavy atom. The summed E-state index contributed by atoms with van der Waals surface area (Å²) in [5, 5.41) is 7.28. The molecule has 0 spiro atoms. The molecule has 6 heteroatoms. The first kappa shape index (κ1) is 17.9. The predicted molar refractivity (Wildman–Crippen MR) is 113 cm³/mol.